The molecule has 1 saturated heterocycles. The van der Waals surface area contributed by atoms with Gasteiger partial charge in [0.1, 0.15) is 0 Å². The van der Waals surface area contributed by atoms with E-state index in [2.05, 4.69) is 30.9 Å². The molecule has 0 amide bonds. The zero-order chi connectivity index (χ0) is 13.3. The molecule has 1 aliphatic heterocycles. The highest BCUT2D eigenvalue weighted by molar-refractivity contribution is 5.55. The summed E-state index contributed by atoms with van der Waals surface area (Å²) in [7, 11) is 0. The van der Waals surface area contributed by atoms with Gasteiger partial charge in [0.2, 0.25) is 0 Å². The minimum atomic E-state index is 0.0948. The van der Waals surface area contributed by atoms with Crippen molar-refractivity contribution in [3.05, 3.63) is 17.8 Å². The Hall–Kier alpha value is -1.16. The molecular weight excluding hydrogens is 228 g/mol. The molecular formula is C14H22N2O2. The van der Waals surface area contributed by atoms with Crippen molar-refractivity contribution in [1.29, 1.82) is 0 Å². The number of rotatable bonds is 2. The summed E-state index contributed by atoms with van der Waals surface area (Å²) in [5.41, 5.74) is 1.11. The summed E-state index contributed by atoms with van der Waals surface area (Å²) in [5.74, 6) is 1.64. The number of nitrogens with zero attached hydrogens (tertiary/aromatic N) is 2. The fraction of sp³-hybridized carbons (Fsp3) is 0.714. The van der Waals surface area contributed by atoms with E-state index in [0.29, 0.717) is 5.89 Å². The second-order valence-corrected chi connectivity index (χ2v) is 5.98. The molecule has 1 fully saturated rings. The third-order valence-corrected chi connectivity index (χ3v) is 3.49. The Morgan fingerprint density at radius 3 is 2.72 bits per heavy atom. The van der Waals surface area contributed by atoms with Crippen molar-refractivity contribution >= 4 is 5.57 Å². The van der Waals surface area contributed by atoms with Crippen LogP contribution in [-0.2, 0) is 4.74 Å². The van der Waals surface area contributed by atoms with E-state index in [0.717, 1.165) is 24.4 Å². The number of allylic oxidation sites excluding steroid dienone is 2. The first-order chi connectivity index (χ1) is 8.43. The van der Waals surface area contributed by atoms with Crippen LogP contribution in [0.1, 0.15) is 58.7 Å². The molecule has 1 aromatic heterocycles. The van der Waals surface area contributed by atoms with Gasteiger partial charge in [-0.1, -0.05) is 32.0 Å². The van der Waals surface area contributed by atoms with Crippen LogP contribution in [0.15, 0.2) is 10.6 Å². The summed E-state index contributed by atoms with van der Waals surface area (Å²) in [6.45, 7) is 11.3. The molecule has 0 aromatic carbocycles. The molecule has 0 unspecified atom stereocenters. The van der Waals surface area contributed by atoms with Gasteiger partial charge in [0, 0.05) is 12.2 Å². The average molecular weight is 250 g/mol. The highest BCUT2D eigenvalue weighted by Gasteiger charge is 2.40. The minimum absolute atomic E-state index is 0.0948. The van der Waals surface area contributed by atoms with Crippen LogP contribution in [0.3, 0.4) is 0 Å². The maximum atomic E-state index is 5.84. The second-order valence-electron chi connectivity index (χ2n) is 5.98. The van der Waals surface area contributed by atoms with Crippen LogP contribution >= 0.6 is 0 Å². The number of hydrogen-bond donors (Lipinski definition) is 0. The van der Waals surface area contributed by atoms with E-state index in [1.807, 2.05) is 19.9 Å². The van der Waals surface area contributed by atoms with E-state index in [4.69, 9.17) is 9.26 Å². The predicted octanol–water partition coefficient (Wildman–Crippen LogP) is 3.41. The molecule has 1 aliphatic rings. The van der Waals surface area contributed by atoms with Crippen molar-refractivity contribution in [3.63, 3.8) is 0 Å². The van der Waals surface area contributed by atoms with Crippen molar-refractivity contribution in [1.82, 2.24) is 10.1 Å². The molecule has 0 aliphatic carbocycles. The quantitative estimate of drug-likeness (QED) is 0.807. The SMILES string of the molecule is C/C=C(\C)c1nc([C@H]2CCO[C@@H]2C(C)(C)C)no1. The summed E-state index contributed by atoms with van der Waals surface area (Å²) in [6, 6.07) is 0. The lowest BCUT2D eigenvalue weighted by Gasteiger charge is -2.29. The zero-order valence-corrected chi connectivity index (χ0v) is 11.9. The lowest BCUT2D eigenvalue weighted by Crippen LogP contribution is -2.30. The van der Waals surface area contributed by atoms with Crippen molar-refractivity contribution in [2.45, 2.75) is 53.1 Å². The molecule has 18 heavy (non-hydrogen) atoms. The zero-order valence-electron chi connectivity index (χ0n) is 11.9. The summed E-state index contributed by atoms with van der Waals surface area (Å²) in [5, 5.41) is 4.12. The van der Waals surface area contributed by atoms with Gasteiger partial charge in [-0.25, -0.2) is 0 Å². The Morgan fingerprint density at radius 2 is 2.11 bits per heavy atom. The number of ether oxygens (including phenoxy) is 1. The van der Waals surface area contributed by atoms with Crippen molar-refractivity contribution in [2.24, 2.45) is 5.41 Å². The molecule has 4 heteroatoms. The Labute approximate surface area is 108 Å². The van der Waals surface area contributed by atoms with Crippen molar-refractivity contribution < 1.29 is 9.26 Å². The van der Waals surface area contributed by atoms with Crippen LogP contribution in [-0.4, -0.2) is 22.9 Å². The normalized spacial score (nSPS) is 25.7. The van der Waals surface area contributed by atoms with Gasteiger partial charge >= 0.3 is 0 Å². The molecule has 0 radical (unpaired) electrons. The largest absolute Gasteiger partial charge is 0.377 e. The van der Waals surface area contributed by atoms with Crippen LogP contribution in [0, 0.1) is 5.41 Å². The molecule has 2 atom stereocenters. The van der Waals surface area contributed by atoms with E-state index in [1.54, 1.807) is 0 Å². The fourth-order valence-electron chi connectivity index (χ4n) is 2.38. The Kier molecular flexibility index (Phi) is 3.57. The van der Waals surface area contributed by atoms with E-state index >= 15 is 0 Å². The average Bonchev–Trinajstić information content (AvgIpc) is 2.94. The molecule has 100 valence electrons. The van der Waals surface area contributed by atoms with Gasteiger partial charge in [-0.05, 0) is 25.7 Å². The highest BCUT2D eigenvalue weighted by Crippen LogP contribution is 2.39. The van der Waals surface area contributed by atoms with Gasteiger partial charge in [0.25, 0.3) is 5.89 Å². The van der Waals surface area contributed by atoms with Gasteiger partial charge in [0.05, 0.1) is 12.0 Å². The molecule has 2 heterocycles. The summed E-state index contributed by atoms with van der Waals surface area (Å²) in [4.78, 5) is 4.50. The number of hydrogen-bond acceptors (Lipinski definition) is 4. The summed E-state index contributed by atoms with van der Waals surface area (Å²) in [6.07, 6.45) is 3.10. The van der Waals surface area contributed by atoms with Crippen LogP contribution in [0.4, 0.5) is 0 Å². The molecule has 0 bridgehead atoms. The van der Waals surface area contributed by atoms with Gasteiger partial charge in [-0.3, -0.25) is 0 Å². The summed E-state index contributed by atoms with van der Waals surface area (Å²) < 4.78 is 11.1. The predicted molar refractivity (Wildman–Crippen MR) is 70.2 cm³/mol. The van der Waals surface area contributed by atoms with Crippen LogP contribution in [0.25, 0.3) is 5.57 Å². The summed E-state index contributed by atoms with van der Waals surface area (Å²) >= 11 is 0. The molecule has 1 aromatic rings. The van der Waals surface area contributed by atoms with Gasteiger partial charge in [-0.2, -0.15) is 4.98 Å². The van der Waals surface area contributed by atoms with E-state index in [9.17, 15) is 0 Å². The first-order valence-corrected chi connectivity index (χ1v) is 6.52. The fourth-order valence-corrected chi connectivity index (χ4v) is 2.38. The standard InChI is InChI=1S/C14H22N2O2/c1-6-9(2)13-15-12(16-18-13)10-7-8-17-11(10)14(3,4)5/h6,10-11H,7-8H2,1-5H3/b9-6+/t10-,11-/m0/s1. The van der Waals surface area contributed by atoms with E-state index < -0.39 is 0 Å². The van der Waals surface area contributed by atoms with Gasteiger partial charge in [0.15, 0.2) is 5.82 Å². The third kappa shape index (κ3) is 2.48. The number of aromatic nitrogens is 2. The third-order valence-electron chi connectivity index (χ3n) is 3.49. The van der Waals surface area contributed by atoms with Gasteiger partial charge < -0.3 is 9.26 Å². The molecule has 0 spiro atoms. The first-order valence-electron chi connectivity index (χ1n) is 6.52. The Balaban J connectivity index is 2.23. The maximum Gasteiger partial charge on any atom is 0.253 e. The van der Waals surface area contributed by atoms with Crippen LogP contribution < -0.4 is 0 Å². The Bertz CT molecular complexity index is 443. The second kappa shape index (κ2) is 4.84. The first kappa shape index (κ1) is 13.3. The minimum Gasteiger partial charge on any atom is -0.377 e. The van der Waals surface area contributed by atoms with E-state index in [1.165, 1.54) is 0 Å². The molecule has 2 rings (SSSR count). The van der Waals surface area contributed by atoms with Crippen molar-refractivity contribution in [3.8, 4) is 0 Å². The van der Waals surface area contributed by atoms with Gasteiger partial charge in [-0.15, -0.1) is 0 Å². The molecule has 0 saturated carbocycles. The smallest absolute Gasteiger partial charge is 0.253 e. The van der Waals surface area contributed by atoms with E-state index in [-0.39, 0.29) is 17.4 Å². The van der Waals surface area contributed by atoms with Crippen LogP contribution in [0.2, 0.25) is 0 Å². The monoisotopic (exact) mass is 250 g/mol. The molecule has 4 nitrogen and oxygen atoms in total. The lowest BCUT2D eigenvalue weighted by molar-refractivity contribution is 0.0193. The molecule has 0 N–H and O–H groups in total. The van der Waals surface area contributed by atoms with Crippen LogP contribution in [0.5, 0.6) is 0 Å². The topological polar surface area (TPSA) is 48.2 Å². The Morgan fingerprint density at radius 1 is 1.39 bits per heavy atom. The highest BCUT2D eigenvalue weighted by atomic mass is 16.5. The van der Waals surface area contributed by atoms with Crippen molar-refractivity contribution in [2.75, 3.05) is 6.61 Å². The maximum absolute atomic E-state index is 5.84. The lowest BCUT2D eigenvalue weighted by atomic mass is 9.81.